The van der Waals surface area contributed by atoms with Crippen LogP contribution in [0.4, 0.5) is 4.39 Å². The Bertz CT molecular complexity index is 724. The average molecular weight is 259 g/mol. The van der Waals surface area contributed by atoms with E-state index in [1.165, 1.54) is 24.3 Å². The van der Waals surface area contributed by atoms with Crippen LogP contribution in [0.2, 0.25) is 0 Å². The molecular formula is C14H10FNOS. The van der Waals surface area contributed by atoms with E-state index in [0.717, 1.165) is 15.8 Å². The number of aromatic amines is 1. The van der Waals surface area contributed by atoms with Crippen LogP contribution in [-0.4, -0.2) is 10.8 Å². The van der Waals surface area contributed by atoms with E-state index in [1.807, 2.05) is 12.3 Å². The Morgan fingerprint density at radius 1 is 1.28 bits per heavy atom. The highest BCUT2D eigenvalue weighted by Crippen LogP contribution is 2.29. The lowest BCUT2D eigenvalue weighted by Gasteiger charge is -1.99. The van der Waals surface area contributed by atoms with Gasteiger partial charge in [-0.1, -0.05) is 0 Å². The topological polar surface area (TPSA) is 32.9 Å². The van der Waals surface area contributed by atoms with Crippen LogP contribution < -0.4 is 0 Å². The molecule has 1 aromatic carbocycles. The van der Waals surface area contributed by atoms with Crippen molar-refractivity contribution in [2.45, 2.75) is 6.92 Å². The number of aromatic nitrogens is 1. The van der Waals surface area contributed by atoms with E-state index in [9.17, 15) is 9.18 Å². The van der Waals surface area contributed by atoms with Crippen molar-refractivity contribution >= 4 is 27.3 Å². The summed E-state index contributed by atoms with van der Waals surface area (Å²) < 4.78 is 12.8. The third-order valence-corrected chi connectivity index (χ3v) is 3.97. The van der Waals surface area contributed by atoms with Gasteiger partial charge in [0.25, 0.3) is 0 Å². The largest absolute Gasteiger partial charge is 0.352 e. The van der Waals surface area contributed by atoms with Crippen LogP contribution in [0.1, 0.15) is 21.5 Å². The molecule has 0 atom stereocenters. The van der Waals surface area contributed by atoms with Gasteiger partial charge in [-0.2, -0.15) is 0 Å². The lowest BCUT2D eigenvalue weighted by molar-refractivity contribution is 0.104. The van der Waals surface area contributed by atoms with Crippen LogP contribution >= 0.6 is 11.3 Å². The first kappa shape index (κ1) is 11.2. The number of hydrogen-bond donors (Lipinski definition) is 1. The highest BCUT2D eigenvalue weighted by atomic mass is 32.1. The number of H-pyrrole nitrogens is 1. The summed E-state index contributed by atoms with van der Waals surface area (Å²) in [5.74, 6) is -0.416. The van der Waals surface area contributed by atoms with E-state index < -0.39 is 0 Å². The molecule has 0 saturated heterocycles. The minimum absolute atomic E-state index is 0.0808. The number of nitrogens with one attached hydrogen (secondary N) is 1. The highest BCUT2D eigenvalue weighted by molar-refractivity contribution is 7.17. The van der Waals surface area contributed by atoms with Gasteiger partial charge in [-0.3, -0.25) is 4.79 Å². The van der Waals surface area contributed by atoms with Gasteiger partial charge in [0.15, 0.2) is 5.78 Å². The molecule has 4 heteroatoms. The fraction of sp³-hybridized carbons (Fsp3) is 0.0714. The standard InChI is InChI=1S/C14H10FNOS/c1-8-7-18-14-12(8)11(6-16-14)13(17)9-2-4-10(15)5-3-9/h2-7,16H,1H3. The molecule has 0 aliphatic rings. The fourth-order valence-electron chi connectivity index (χ4n) is 2.03. The minimum Gasteiger partial charge on any atom is -0.352 e. The molecule has 90 valence electrons. The molecule has 0 aliphatic carbocycles. The second-order valence-electron chi connectivity index (χ2n) is 4.16. The Balaban J connectivity index is 2.11. The number of ketones is 1. The predicted molar refractivity (Wildman–Crippen MR) is 70.7 cm³/mol. The Morgan fingerprint density at radius 3 is 2.72 bits per heavy atom. The molecule has 0 saturated carbocycles. The lowest BCUT2D eigenvalue weighted by atomic mass is 10.0. The van der Waals surface area contributed by atoms with E-state index in [-0.39, 0.29) is 11.6 Å². The van der Waals surface area contributed by atoms with Gasteiger partial charge in [-0.15, -0.1) is 11.3 Å². The van der Waals surface area contributed by atoms with E-state index in [0.29, 0.717) is 11.1 Å². The third-order valence-electron chi connectivity index (χ3n) is 2.94. The molecular weight excluding hydrogens is 249 g/mol. The molecule has 2 nitrogen and oxygen atoms in total. The molecule has 0 unspecified atom stereocenters. The summed E-state index contributed by atoms with van der Waals surface area (Å²) in [6, 6.07) is 5.63. The van der Waals surface area contributed by atoms with Gasteiger partial charge in [-0.25, -0.2) is 4.39 Å². The van der Waals surface area contributed by atoms with Crippen LogP contribution in [0.5, 0.6) is 0 Å². The second kappa shape index (κ2) is 4.07. The number of thiophene rings is 1. The zero-order valence-corrected chi connectivity index (χ0v) is 10.5. The second-order valence-corrected chi connectivity index (χ2v) is 5.04. The first-order valence-corrected chi connectivity index (χ1v) is 6.40. The molecule has 1 N–H and O–H groups in total. The normalized spacial score (nSPS) is 11.0. The predicted octanol–water partition coefficient (Wildman–Crippen LogP) is 3.91. The van der Waals surface area contributed by atoms with E-state index in [4.69, 9.17) is 0 Å². The molecule has 0 aliphatic heterocycles. The van der Waals surface area contributed by atoms with Gasteiger partial charge in [-0.05, 0) is 42.1 Å². The molecule has 0 fully saturated rings. The van der Waals surface area contributed by atoms with Crippen molar-refractivity contribution in [2.75, 3.05) is 0 Å². The summed E-state index contributed by atoms with van der Waals surface area (Å²) >= 11 is 1.58. The zero-order chi connectivity index (χ0) is 12.7. The maximum Gasteiger partial charge on any atom is 0.195 e. The number of hydrogen-bond acceptors (Lipinski definition) is 2. The first-order chi connectivity index (χ1) is 8.66. The summed E-state index contributed by atoms with van der Waals surface area (Å²) in [5, 5.41) is 2.98. The zero-order valence-electron chi connectivity index (χ0n) is 9.66. The molecule has 0 bridgehead atoms. The minimum atomic E-state index is -0.336. The first-order valence-electron chi connectivity index (χ1n) is 5.52. The van der Waals surface area contributed by atoms with E-state index in [1.54, 1.807) is 17.5 Å². The summed E-state index contributed by atoms with van der Waals surface area (Å²) in [5.41, 5.74) is 2.24. The van der Waals surface area contributed by atoms with Crippen molar-refractivity contribution in [3.05, 3.63) is 58.3 Å². The summed E-state index contributed by atoms with van der Waals surface area (Å²) in [4.78, 5) is 16.4. The van der Waals surface area contributed by atoms with Gasteiger partial charge in [0.05, 0.1) is 0 Å². The smallest absolute Gasteiger partial charge is 0.195 e. The van der Waals surface area contributed by atoms with Crippen LogP contribution in [0.25, 0.3) is 10.2 Å². The van der Waals surface area contributed by atoms with Crippen molar-refractivity contribution in [1.82, 2.24) is 4.98 Å². The van der Waals surface area contributed by atoms with Crippen molar-refractivity contribution < 1.29 is 9.18 Å². The maximum atomic E-state index is 12.8. The van der Waals surface area contributed by atoms with Crippen LogP contribution in [0.15, 0.2) is 35.8 Å². The summed E-state index contributed by atoms with van der Waals surface area (Å²) in [7, 11) is 0. The molecule has 3 aromatic rings. The van der Waals surface area contributed by atoms with Crippen molar-refractivity contribution in [3.8, 4) is 0 Å². The molecule has 0 spiro atoms. The molecule has 3 rings (SSSR count). The number of fused-ring (bicyclic) bond motifs is 1. The number of halogens is 1. The highest BCUT2D eigenvalue weighted by Gasteiger charge is 2.16. The van der Waals surface area contributed by atoms with Gasteiger partial charge >= 0.3 is 0 Å². The van der Waals surface area contributed by atoms with Gasteiger partial charge in [0.2, 0.25) is 0 Å². The fourth-order valence-corrected chi connectivity index (χ4v) is 2.96. The quantitative estimate of drug-likeness (QED) is 0.695. The number of aryl methyl sites for hydroxylation is 1. The molecule has 0 radical (unpaired) electrons. The van der Waals surface area contributed by atoms with Gasteiger partial charge < -0.3 is 4.98 Å². The number of carbonyl (C=O) groups is 1. The number of benzene rings is 1. The maximum absolute atomic E-state index is 12.8. The Labute approximate surface area is 107 Å². The summed E-state index contributed by atoms with van der Waals surface area (Å²) in [6.07, 6.45) is 1.72. The van der Waals surface area contributed by atoms with Crippen molar-refractivity contribution in [3.63, 3.8) is 0 Å². The van der Waals surface area contributed by atoms with Gasteiger partial charge in [0.1, 0.15) is 10.6 Å². The molecule has 2 heterocycles. The van der Waals surface area contributed by atoms with Crippen molar-refractivity contribution in [2.24, 2.45) is 0 Å². The Kier molecular flexibility index (Phi) is 2.52. The van der Waals surface area contributed by atoms with Crippen LogP contribution in [0.3, 0.4) is 0 Å². The average Bonchev–Trinajstić information content (AvgIpc) is 2.93. The van der Waals surface area contributed by atoms with Crippen molar-refractivity contribution in [1.29, 1.82) is 0 Å². The Hall–Kier alpha value is -1.94. The van der Waals surface area contributed by atoms with E-state index >= 15 is 0 Å². The lowest BCUT2D eigenvalue weighted by Crippen LogP contribution is -2.00. The number of rotatable bonds is 2. The Morgan fingerprint density at radius 2 is 2.00 bits per heavy atom. The van der Waals surface area contributed by atoms with E-state index in [2.05, 4.69) is 4.98 Å². The number of carbonyl (C=O) groups excluding carboxylic acids is 1. The SMILES string of the molecule is Cc1csc2[nH]cc(C(=O)c3ccc(F)cc3)c12. The third kappa shape index (κ3) is 1.66. The monoisotopic (exact) mass is 259 g/mol. The van der Waals surface area contributed by atoms with Crippen LogP contribution in [0, 0.1) is 12.7 Å². The molecule has 2 aromatic heterocycles. The van der Waals surface area contributed by atoms with Gasteiger partial charge in [0, 0.05) is 22.7 Å². The molecule has 18 heavy (non-hydrogen) atoms. The molecule has 0 amide bonds. The van der Waals surface area contributed by atoms with Crippen LogP contribution in [-0.2, 0) is 0 Å². The summed E-state index contributed by atoms with van der Waals surface area (Å²) in [6.45, 7) is 1.98.